The minimum absolute atomic E-state index is 0.143. The molecule has 0 aliphatic heterocycles. The van der Waals surface area contributed by atoms with Crippen LogP contribution in [0.2, 0.25) is 0 Å². The molecule has 1 aromatic carbocycles. The summed E-state index contributed by atoms with van der Waals surface area (Å²) in [5, 5.41) is 0. The largest absolute Gasteiger partial charge is 0.468 e. The van der Waals surface area contributed by atoms with Gasteiger partial charge in [-0.25, -0.2) is 0 Å². The molecule has 0 amide bonds. The number of fused-ring (bicyclic) bond motifs is 1. The van der Waals surface area contributed by atoms with Crippen molar-refractivity contribution in [1.29, 1.82) is 0 Å². The number of methoxy groups -OCH3 is 1. The molecule has 0 aromatic heterocycles. The van der Waals surface area contributed by atoms with Crippen LogP contribution in [-0.4, -0.2) is 37.6 Å². The summed E-state index contributed by atoms with van der Waals surface area (Å²) in [4.78, 5) is 13.6. The van der Waals surface area contributed by atoms with Crippen LogP contribution in [0.1, 0.15) is 30.4 Å². The van der Waals surface area contributed by atoms with E-state index in [4.69, 9.17) is 4.74 Å². The van der Waals surface area contributed by atoms with E-state index < -0.39 is 0 Å². The minimum Gasteiger partial charge on any atom is -0.468 e. The van der Waals surface area contributed by atoms with Crippen LogP contribution < -0.4 is 0 Å². The maximum absolute atomic E-state index is 11.4. The van der Waals surface area contributed by atoms with Crippen LogP contribution in [0.25, 0.3) is 0 Å². The fourth-order valence-electron chi connectivity index (χ4n) is 2.64. The Bertz CT molecular complexity index is 417. The first kappa shape index (κ1) is 13.1. The van der Waals surface area contributed by atoms with Crippen LogP contribution in [0, 0.1) is 0 Å². The number of nitrogens with zero attached hydrogens (tertiary/aromatic N) is 1. The molecule has 1 aliphatic carbocycles. The van der Waals surface area contributed by atoms with Gasteiger partial charge in [0.05, 0.1) is 13.7 Å². The van der Waals surface area contributed by atoms with Gasteiger partial charge in [-0.2, -0.15) is 0 Å². The first-order valence-corrected chi connectivity index (χ1v) is 6.61. The highest BCUT2D eigenvalue weighted by Crippen LogP contribution is 2.35. The Morgan fingerprint density at radius 3 is 2.89 bits per heavy atom. The van der Waals surface area contributed by atoms with E-state index in [9.17, 15) is 4.79 Å². The molecular formula is C15H21NO2. The van der Waals surface area contributed by atoms with E-state index in [1.54, 1.807) is 0 Å². The van der Waals surface area contributed by atoms with Crippen molar-refractivity contribution in [3.63, 3.8) is 0 Å². The summed E-state index contributed by atoms with van der Waals surface area (Å²) in [5.41, 5.74) is 2.90. The summed E-state index contributed by atoms with van der Waals surface area (Å²) in [6, 6.07) is 8.57. The molecule has 1 aliphatic rings. The highest BCUT2D eigenvalue weighted by atomic mass is 16.5. The maximum atomic E-state index is 11.4. The van der Waals surface area contributed by atoms with Gasteiger partial charge in [-0.15, -0.1) is 0 Å². The Hall–Kier alpha value is -1.35. The highest BCUT2D eigenvalue weighted by molar-refractivity contribution is 5.71. The Labute approximate surface area is 109 Å². The van der Waals surface area contributed by atoms with Gasteiger partial charge < -0.3 is 4.74 Å². The van der Waals surface area contributed by atoms with E-state index >= 15 is 0 Å². The molecule has 18 heavy (non-hydrogen) atoms. The molecule has 0 N–H and O–H groups in total. The fourth-order valence-corrected chi connectivity index (χ4v) is 2.64. The standard InChI is InChI=1S/C15H21NO2/c1-3-8-16(11-15(17)18-2)10-13-9-12-6-4-5-7-14(12)13/h4-7,13H,3,8-11H2,1-2H3. The number of benzene rings is 1. The van der Waals surface area contributed by atoms with Crippen molar-refractivity contribution in [2.45, 2.75) is 25.7 Å². The summed E-state index contributed by atoms with van der Waals surface area (Å²) in [5.74, 6) is 0.438. The third-order valence-corrected chi connectivity index (χ3v) is 3.56. The SMILES string of the molecule is CCCN(CC(=O)OC)CC1Cc2ccccc21. The average molecular weight is 247 g/mol. The molecule has 0 saturated carbocycles. The summed E-state index contributed by atoms with van der Waals surface area (Å²) < 4.78 is 4.75. The van der Waals surface area contributed by atoms with Crippen molar-refractivity contribution in [3.05, 3.63) is 35.4 Å². The first-order chi connectivity index (χ1) is 8.74. The number of hydrogen-bond donors (Lipinski definition) is 0. The van der Waals surface area contributed by atoms with E-state index in [1.165, 1.54) is 18.2 Å². The Morgan fingerprint density at radius 1 is 1.44 bits per heavy atom. The monoisotopic (exact) mass is 247 g/mol. The number of carbonyl (C=O) groups is 1. The topological polar surface area (TPSA) is 29.5 Å². The van der Waals surface area contributed by atoms with Gasteiger partial charge in [0, 0.05) is 12.5 Å². The lowest BCUT2D eigenvalue weighted by atomic mass is 9.77. The minimum atomic E-state index is -0.143. The lowest BCUT2D eigenvalue weighted by Crippen LogP contribution is -2.37. The van der Waals surface area contributed by atoms with Crippen LogP contribution in [-0.2, 0) is 16.0 Å². The van der Waals surface area contributed by atoms with Gasteiger partial charge in [0.25, 0.3) is 0 Å². The summed E-state index contributed by atoms with van der Waals surface area (Å²) in [6.07, 6.45) is 2.20. The predicted molar refractivity (Wildman–Crippen MR) is 71.6 cm³/mol. The maximum Gasteiger partial charge on any atom is 0.319 e. The Balaban J connectivity index is 1.92. The second-order valence-electron chi connectivity index (χ2n) is 4.91. The van der Waals surface area contributed by atoms with Gasteiger partial charge in [0.1, 0.15) is 0 Å². The van der Waals surface area contributed by atoms with Crippen molar-refractivity contribution in [1.82, 2.24) is 4.90 Å². The van der Waals surface area contributed by atoms with Crippen LogP contribution in [0.15, 0.2) is 24.3 Å². The van der Waals surface area contributed by atoms with Gasteiger partial charge in [-0.1, -0.05) is 31.2 Å². The Kier molecular flexibility index (Phi) is 4.37. The molecule has 0 saturated heterocycles. The van der Waals surface area contributed by atoms with Crippen molar-refractivity contribution in [2.24, 2.45) is 0 Å². The first-order valence-electron chi connectivity index (χ1n) is 6.61. The average Bonchev–Trinajstić information content (AvgIpc) is 2.36. The molecule has 2 rings (SSSR count). The molecule has 3 heteroatoms. The van der Waals surface area contributed by atoms with E-state index in [0.29, 0.717) is 12.5 Å². The molecule has 0 heterocycles. The van der Waals surface area contributed by atoms with Crippen molar-refractivity contribution < 1.29 is 9.53 Å². The van der Waals surface area contributed by atoms with E-state index in [0.717, 1.165) is 25.9 Å². The lowest BCUT2D eigenvalue weighted by molar-refractivity contribution is -0.142. The number of hydrogen-bond acceptors (Lipinski definition) is 3. The van der Waals surface area contributed by atoms with E-state index in [1.807, 2.05) is 0 Å². The molecule has 0 bridgehead atoms. The molecule has 0 spiro atoms. The fraction of sp³-hybridized carbons (Fsp3) is 0.533. The van der Waals surface area contributed by atoms with Gasteiger partial charge in [0.2, 0.25) is 0 Å². The Morgan fingerprint density at radius 2 is 2.22 bits per heavy atom. The second-order valence-corrected chi connectivity index (χ2v) is 4.91. The molecule has 1 aromatic rings. The van der Waals surface area contributed by atoms with Gasteiger partial charge in [0.15, 0.2) is 0 Å². The number of rotatable bonds is 6. The zero-order valence-corrected chi connectivity index (χ0v) is 11.2. The molecule has 98 valence electrons. The van der Waals surface area contributed by atoms with Crippen LogP contribution in [0.3, 0.4) is 0 Å². The van der Waals surface area contributed by atoms with Crippen molar-refractivity contribution in [3.8, 4) is 0 Å². The normalized spacial score (nSPS) is 17.2. The zero-order valence-electron chi connectivity index (χ0n) is 11.2. The molecular weight excluding hydrogens is 226 g/mol. The van der Waals surface area contributed by atoms with Crippen molar-refractivity contribution in [2.75, 3.05) is 26.7 Å². The van der Waals surface area contributed by atoms with E-state index in [-0.39, 0.29) is 5.97 Å². The summed E-state index contributed by atoms with van der Waals surface area (Å²) >= 11 is 0. The zero-order chi connectivity index (χ0) is 13.0. The van der Waals surface area contributed by atoms with Crippen LogP contribution in [0.5, 0.6) is 0 Å². The summed E-state index contributed by atoms with van der Waals surface area (Å²) in [7, 11) is 1.45. The third-order valence-electron chi connectivity index (χ3n) is 3.56. The predicted octanol–water partition coefficient (Wildman–Crippen LogP) is 2.21. The van der Waals surface area contributed by atoms with Gasteiger partial charge in [-0.3, -0.25) is 9.69 Å². The van der Waals surface area contributed by atoms with Gasteiger partial charge in [-0.05, 0) is 30.5 Å². The molecule has 3 nitrogen and oxygen atoms in total. The quantitative estimate of drug-likeness (QED) is 0.722. The second kappa shape index (κ2) is 6.01. The van der Waals surface area contributed by atoms with E-state index in [2.05, 4.69) is 36.1 Å². The van der Waals surface area contributed by atoms with Crippen LogP contribution in [0.4, 0.5) is 0 Å². The third kappa shape index (κ3) is 2.91. The molecule has 1 unspecified atom stereocenters. The lowest BCUT2D eigenvalue weighted by Gasteiger charge is -2.34. The highest BCUT2D eigenvalue weighted by Gasteiger charge is 2.27. The van der Waals surface area contributed by atoms with Gasteiger partial charge >= 0.3 is 5.97 Å². The smallest absolute Gasteiger partial charge is 0.319 e. The van der Waals surface area contributed by atoms with Crippen molar-refractivity contribution >= 4 is 5.97 Å². The van der Waals surface area contributed by atoms with Crippen LogP contribution >= 0.6 is 0 Å². The number of carbonyl (C=O) groups excluding carboxylic acids is 1. The molecule has 0 radical (unpaired) electrons. The number of ether oxygens (including phenoxy) is 1. The molecule has 1 atom stereocenters. The summed E-state index contributed by atoms with van der Waals surface area (Å²) in [6.45, 7) is 4.45. The molecule has 0 fully saturated rings. The number of esters is 1.